The van der Waals surface area contributed by atoms with Gasteiger partial charge in [-0.15, -0.1) is 0 Å². The van der Waals surface area contributed by atoms with E-state index in [1.807, 2.05) is 13.8 Å². The van der Waals surface area contributed by atoms with Crippen LogP contribution in [0.5, 0.6) is 0 Å². The molecule has 0 aliphatic carbocycles. The number of nitrogens with zero attached hydrogens (tertiary/aromatic N) is 3. The summed E-state index contributed by atoms with van der Waals surface area (Å²) >= 11 is 0. The molecule has 1 saturated heterocycles. The molecule has 3 N–H and O–H groups in total. The van der Waals surface area contributed by atoms with Gasteiger partial charge in [0.1, 0.15) is 18.5 Å². The maximum absolute atomic E-state index is 13.2. The highest BCUT2D eigenvalue weighted by atomic mass is 19.1. The van der Waals surface area contributed by atoms with Gasteiger partial charge in [-0.25, -0.2) is 19.0 Å². The number of ether oxygens (including phenoxy) is 1. The van der Waals surface area contributed by atoms with Gasteiger partial charge < -0.3 is 30.3 Å². The van der Waals surface area contributed by atoms with Crippen LogP contribution in [-0.4, -0.2) is 96.1 Å². The van der Waals surface area contributed by atoms with Crippen molar-refractivity contribution in [2.45, 2.75) is 83.4 Å². The summed E-state index contributed by atoms with van der Waals surface area (Å²) in [6.45, 7) is 7.39. The Hall–Kier alpha value is -2.46. The molecule has 9 nitrogen and oxygen atoms in total. The average Bonchev–Trinajstić information content (AvgIpc) is 3.37. The molecule has 1 aromatic rings. The molecule has 0 bridgehead atoms. The highest BCUT2D eigenvalue weighted by Crippen LogP contribution is 2.20. The molecule has 2 amide bonds. The SMILES string of the molecule is CC(C)OCCN(CCCCc1ccc2c(n1)NCCC2)CCC(NC(=O)N1CCCC1CF)C(=O)O. The molecule has 0 spiro atoms. The third kappa shape index (κ3) is 9.41. The van der Waals surface area contributed by atoms with Crippen LogP contribution in [0.2, 0.25) is 0 Å². The minimum absolute atomic E-state index is 0.125. The number of aromatic nitrogens is 1. The van der Waals surface area contributed by atoms with Crippen molar-refractivity contribution >= 4 is 17.8 Å². The monoisotopic (exact) mass is 521 g/mol. The predicted molar refractivity (Wildman–Crippen MR) is 142 cm³/mol. The number of aliphatic carboxylic acids is 1. The molecule has 10 heteroatoms. The van der Waals surface area contributed by atoms with E-state index in [9.17, 15) is 19.1 Å². The minimum Gasteiger partial charge on any atom is -0.480 e. The molecule has 3 heterocycles. The van der Waals surface area contributed by atoms with Crippen LogP contribution in [0.15, 0.2) is 12.1 Å². The fourth-order valence-corrected chi connectivity index (χ4v) is 4.97. The summed E-state index contributed by atoms with van der Waals surface area (Å²) in [4.78, 5) is 32.9. The summed E-state index contributed by atoms with van der Waals surface area (Å²) in [7, 11) is 0. The maximum atomic E-state index is 13.2. The van der Waals surface area contributed by atoms with Gasteiger partial charge in [0.15, 0.2) is 0 Å². The van der Waals surface area contributed by atoms with Crippen molar-refractivity contribution in [2.24, 2.45) is 0 Å². The maximum Gasteiger partial charge on any atom is 0.326 e. The molecule has 0 saturated carbocycles. The second-order valence-electron chi connectivity index (χ2n) is 10.3. The Morgan fingerprint density at radius 2 is 2.11 bits per heavy atom. The largest absolute Gasteiger partial charge is 0.480 e. The van der Waals surface area contributed by atoms with E-state index >= 15 is 0 Å². The molecule has 2 unspecified atom stereocenters. The topological polar surface area (TPSA) is 107 Å². The van der Waals surface area contributed by atoms with Crippen LogP contribution < -0.4 is 10.6 Å². The van der Waals surface area contributed by atoms with E-state index in [0.29, 0.717) is 32.7 Å². The minimum atomic E-state index is -1.07. The Bertz CT molecular complexity index is 871. The lowest BCUT2D eigenvalue weighted by Gasteiger charge is -2.27. The third-order valence-corrected chi connectivity index (χ3v) is 7.11. The molecule has 2 aliphatic heterocycles. The molecule has 2 aliphatic rings. The van der Waals surface area contributed by atoms with Crippen LogP contribution >= 0.6 is 0 Å². The highest BCUT2D eigenvalue weighted by Gasteiger charge is 2.31. The number of halogens is 1. The van der Waals surface area contributed by atoms with E-state index in [1.165, 1.54) is 10.5 Å². The zero-order valence-corrected chi connectivity index (χ0v) is 22.4. The number of carboxylic acids is 1. The number of hydrogen-bond donors (Lipinski definition) is 3. The summed E-state index contributed by atoms with van der Waals surface area (Å²) in [5.74, 6) is -0.0560. The van der Waals surface area contributed by atoms with E-state index in [2.05, 4.69) is 27.7 Å². The number of aryl methyl sites for hydroxylation is 2. The Balaban J connectivity index is 1.48. The van der Waals surface area contributed by atoms with E-state index in [-0.39, 0.29) is 12.5 Å². The molecule has 208 valence electrons. The van der Waals surface area contributed by atoms with Crippen LogP contribution in [-0.2, 0) is 22.4 Å². The summed E-state index contributed by atoms with van der Waals surface area (Å²) < 4.78 is 18.9. The number of alkyl halides is 1. The quantitative estimate of drug-likeness (QED) is 0.303. The molecule has 1 fully saturated rings. The van der Waals surface area contributed by atoms with Gasteiger partial charge in [-0.1, -0.05) is 6.07 Å². The van der Waals surface area contributed by atoms with Gasteiger partial charge in [0.05, 0.1) is 18.8 Å². The molecule has 0 aromatic carbocycles. The standard InChI is InChI=1S/C27H44FN5O4/c1-20(2)37-18-17-32(14-4-3-8-22-11-10-21-7-5-13-29-25(21)30-22)16-12-24(26(34)35)31-27(36)33-15-6-9-23(33)19-28/h10-11,20,23-24H,3-9,12-19H2,1-2H3,(H,29,30)(H,31,36)(H,34,35). The molecule has 37 heavy (non-hydrogen) atoms. The van der Waals surface area contributed by atoms with Crippen LogP contribution in [0.25, 0.3) is 0 Å². The predicted octanol–water partition coefficient (Wildman–Crippen LogP) is 3.48. The number of pyridine rings is 1. The molecule has 0 radical (unpaired) electrons. The average molecular weight is 522 g/mol. The summed E-state index contributed by atoms with van der Waals surface area (Å²) in [5, 5.41) is 15.7. The van der Waals surface area contributed by atoms with Gasteiger partial charge in [0.2, 0.25) is 0 Å². The van der Waals surface area contributed by atoms with E-state index in [1.54, 1.807) is 0 Å². The van der Waals surface area contributed by atoms with E-state index in [0.717, 1.165) is 63.1 Å². The molecule has 2 atom stereocenters. The smallest absolute Gasteiger partial charge is 0.326 e. The van der Waals surface area contributed by atoms with Gasteiger partial charge in [-0.2, -0.15) is 0 Å². The molecule has 1 aromatic heterocycles. The van der Waals surface area contributed by atoms with Crippen molar-refractivity contribution in [3.8, 4) is 0 Å². The van der Waals surface area contributed by atoms with Crippen molar-refractivity contribution in [3.63, 3.8) is 0 Å². The van der Waals surface area contributed by atoms with Crippen LogP contribution in [0.3, 0.4) is 0 Å². The lowest BCUT2D eigenvalue weighted by atomic mass is 10.1. The number of rotatable bonds is 15. The van der Waals surface area contributed by atoms with Crippen LogP contribution in [0.1, 0.15) is 63.6 Å². The lowest BCUT2D eigenvalue weighted by Crippen LogP contribution is -2.50. The number of hydrogen-bond acceptors (Lipinski definition) is 6. The Morgan fingerprint density at radius 3 is 2.86 bits per heavy atom. The number of unbranched alkanes of at least 4 members (excludes halogenated alkanes) is 1. The number of carbonyl (C=O) groups is 2. The van der Waals surface area contributed by atoms with Crippen molar-refractivity contribution in [2.75, 3.05) is 51.3 Å². The van der Waals surface area contributed by atoms with Gasteiger partial charge in [-0.3, -0.25) is 0 Å². The number of nitrogens with one attached hydrogen (secondary N) is 2. The first kappa shape index (κ1) is 29.1. The first-order valence-corrected chi connectivity index (χ1v) is 13.8. The third-order valence-electron chi connectivity index (χ3n) is 7.11. The fraction of sp³-hybridized carbons (Fsp3) is 0.741. The number of amides is 2. The molecule has 3 rings (SSSR count). The zero-order chi connectivity index (χ0) is 26.6. The first-order chi connectivity index (χ1) is 17.9. The van der Waals surface area contributed by atoms with Crippen molar-refractivity contribution in [1.82, 2.24) is 20.1 Å². The number of fused-ring (bicyclic) bond motifs is 1. The zero-order valence-electron chi connectivity index (χ0n) is 22.4. The van der Waals surface area contributed by atoms with Gasteiger partial charge in [-0.05, 0) is 83.4 Å². The second-order valence-corrected chi connectivity index (χ2v) is 10.3. The van der Waals surface area contributed by atoms with E-state index in [4.69, 9.17) is 9.72 Å². The summed E-state index contributed by atoms with van der Waals surface area (Å²) in [5.41, 5.74) is 2.38. The van der Waals surface area contributed by atoms with Crippen molar-refractivity contribution < 1.29 is 23.8 Å². The number of urea groups is 1. The summed E-state index contributed by atoms with van der Waals surface area (Å²) in [6, 6.07) is 2.33. The van der Waals surface area contributed by atoms with Crippen LogP contribution in [0, 0.1) is 0 Å². The second kappa shape index (κ2) is 15.1. The Morgan fingerprint density at radius 1 is 1.27 bits per heavy atom. The van der Waals surface area contributed by atoms with Crippen LogP contribution in [0.4, 0.5) is 15.0 Å². The Kier molecular flexibility index (Phi) is 11.9. The van der Waals surface area contributed by atoms with Gasteiger partial charge in [0.25, 0.3) is 0 Å². The summed E-state index contributed by atoms with van der Waals surface area (Å²) in [6.07, 6.45) is 6.79. The highest BCUT2D eigenvalue weighted by molar-refractivity contribution is 5.82. The normalized spacial score (nSPS) is 18.1. The number of likely N-dealkylation sites (tertiary alicyclic amines) is 1. The molecular weight excluding hydrogens is 477 g/mol. The first-order valence-electron chi connectivity index (χ1n) is 13.8. The van der Waals surface area contributed by atoms with Gasteiger partial charge >= 0.3 is 12.0 Å². The number of carbonyl (C=O) groups excluding carboxylic acids is 1. The van der Waals surface area contributed by atoms with Gasteiger partial charge in [0, 0.05) is 31.9 Å². The number of anilines is 1. The lowest BCUT2D eigenvalue weighted by molar-refractivity contribution is -0.139. The molecular formula is C27H44FN5O4. The van der Waals surface area contributed by atoms with Crippen molar-refractivity contribution in [3.05, 3.63) is 23.4 Å². The van der Waals surface area contributed by atoms with Crippen molar-refractivity contribution in [1.29, 1.82) is 0 Å². The number of carboxylic acid groups (broad SMARTS) is 1. The van der Waals surface area contributed by atoms with E-state index < -0.39 is 30.8 Å². The Labute approximate surface area is 220 Å². The fourth-order valence-electron chi connectivity index (χ4n) is 4.97.